The monoisotopic (exact) mass is 462 g/mol. The predicted octanol–water partition coefficient (Wildman–Crippen LogP) is 5.08. The summed E-state index contributed by atoms with van der Waals surface area (Å²) in [5.41, 5.74) is 5.41. The maximum atomic E-state index is 12.5. The molecule has 0 unspecified atom stereocenters. The Morgan fingerprint density at radius 2 is 1.85 bits per heavy atom. The molecule has 2 heterocycles. The van der Waals surface area contributed by atoms with Gasteiger partial charge in [0.05, 0.1) is 12.1 Å². The molecule has 0 aliphatic carbocycles. The molecule has 1 saturated heterocycles. The fourth-order valence-corrected chi connectivity index (χ4v) is 4.91. The van der Waals surface area contributed by atoms with Gasteiger partial charge in [0.2, 0.25) is 5.91 Å². The summed E-state index contributed by atoms with van der Waals surface area (Å²) in [4.78, 5) is 22.2. The number of hydrogen-bond donors (Lipinski definition) is 1. The van der Waals surface area contributed by atoms with Crippen molar-refractivity contribution in [1.82, 2.24) is 14.8 Å². The van der Waals surface area contributed by atoms with Crippen LogP contribution in [0.4, 0.5) is 5.69 Å². The molecule has 4 rings (SSSR count). The Hall–Kier alpha value is -2.54. The SMILES string of the molecule is CCCCc1ccc(NC(=O)Cc2csc(-c3cccc(CN4CCN(C)CC4)c3)n2)cc1. The van der Waals surface area contributed by atoms with Gasteiger partial charge in [-0.1, -0.05) is 43.7 Å². The molecule has 1 amide bonds. The summed E-state index contributed by atoms with van der Waals surface area (Å²) in [6.45, 7) is 7.64. The first-order valence-corrected chi connectivity index (χ1v) is 12.8. The van der Waals surface area contributed by atoms with Crippen molar-refractivity contribution in [2.75, 3.05) is 38.5 Å². The minimum Gasteiger partial charge on any atom is -0.326 e. The van der Waals surface area contributed by atoms with Crippen LogP contribution >= 0.6 is 11.3 Å². The summed E-state index contributed by atoms with van der Waals surface area (Å²) < 4.78 is 0. The zero-order valence-corrected chi connectivity index (χ0v) is 20.5. The van der Waals surface area contributed by atoms with Crippen LogP contribution in [-0.4, -0.2) is 53.9 Å². The van der Waals surface area contributed by atoms with E-state index in [9.17, 15) is 4.79 Å². The van der Waals surface area contributed by atoms with E-state index in [1.165, 1.54) is 24.0 Å². The topological polar surface area (TPSA) is 48.5 Å². The van der Waals surface area contributed by atoms with Crippen molar-refractivity contribution in [2.24, 2.45) is 0 Å². The van der Waals surface area contributed by atoms with Gasteiger partial charge < -0.3 is 10.2 Å². The summed E-state index contributed by atoms with van der Waals surface area (Å²) in [7, 11) is 2.18. The maximum Gasteiger partial charge on any atom is 0.230 e. The van der Waals surface area contributed by atoms with E-state index in [4.69, 9.17) is 4.98 Å². The number of nitrogens with one attached hydrogen (secondary N) is 1. The fourth-order valence-electron chi connectivity index (χ4n) is 4.09. The maximum absolute atomic E-state index is 12.5. The van der Waals surface area contributed by atoms with Crippen LogP contribution in [0.2, 0.25) is 0 Å². The van der Waals surface area contributed by atoms with Gasteiger partial charge in [0.25, 0.3) is 0 Å². The lowest BCUT2D eigenvalue weighted by Gasteiger charge is -2.32. The highest BCUT2D eigenvalue weighted by Gasteiger charge is 2.15. The second-order valence-electron chi connectivity index (χ2n) is 8.95. The second-order valence-corrected chi connectivity index (χ2v) is 9.81. The number of thiazole rings is 1. The third-order valence-corrected chi connectivity index (χ3v) is 7.07. The zero-order valence-electron chi connectivity index (χ0n) is 19.7. The molecule has 5 nitrogen and oxygen atoms in total. The summed E-state index contributed by atoms with van der Waals surface area (Å²) in [5, 5.41) is 5.96. The van der Waals surface area contributed by atoms with E-state index in [2.05, 4.69) is 65.5 Å². The quantitative estimate of drug-likeness (QED) is 0.482. The first kappa shape index (κ1) is 23.6. The smallest absolute Gasteiger partial charge is 0.230 e. The number of unbranched alkanes of at least 4 members (excludes halogenated alkanes) is 1. The van der Waals surface area contributed by atoms with Crippen LogP contribution in [0, 0.1) is 0 Å². The van der Waals surface area contributed by atoms with Gasteiger partial charge in [-0.3, -0.25) is 9.69 Å². The fraction of sp³-hybridized carbons (Fsp3) is 0.407. The molecule has 174 valence electrons. The molecule has 1 aliphatic heterocycles. The molecule has 0 atom stereocenters. The number of nitrogens with zero attached hydrogens (tertiary/aromatic N) is 3. The molecule has 1 fully saturated rings. The normalized spacial score (nSPS) is 15.0. The molecule has 2 aromatic carbocycles. The molecule has 33 heavy (non-hydrogen) atoms. The molecular formula is C27H34N4OS. The molecule has 3 aromatic rings. The lowest BCUT2D eigenvalue weighted by Crippen LogP contribution is -2.43. The van der Waals surface area contributed by atoms with Gasteiger partial charge in [0.1, 0.15) is 5.01 Å². The number of benzene rings is 2. The third-order valence-electron chi connectivity index (χ3n) is 6.13. The number of anilines is 1. The molecule has 0 spiro atoms. The van der Waals surface area contributed by atoms with Crippen LogP contribution in [0.5, 0.6) is 0 Å². The van der Waals surface area contributed by atoms with E-state index in [0.29, 0.717) is 0 Å². The molecule has 1 aromatic heterocycles. The molecule has 1 N–H and O–H groups in total. The standard InChI is InChI=1S/C27H34N4OS/c1-3-4-6-21-9-11-24(12-10-21)28-26(32)18-25-20-33-27(29-25)23-8-5-7-22(17-23)19-31-15-13-30(2)14-16-31/h5,7-12,17,20H,3-4,6,13-16,18-19H2,1-2H3,(H,28,32). The van der Waals surface area contributed by atoms with Gasteiger partial charge in [-0.2, -0.15) is 0 Å². The number of amides is 1. The summed E-state index contributed by atoms with van der Waals surface area (Å²) in [5.74, 6) is -0.0306. The lowest BCUT2D eigenvalue weighted by molar-refractivity contribution is -0.115. The molecule has 6 heteroatoms. The van der Waals surface area contributed by atoms with E-state index < -0.39 is 0 Å². The van der Waals surface area contributed by atoms with Crippen molar-refractivity contribution in [1.29, 1.82) is 0 Å². The van der Waals surface area contributed by atoms with E-state index in [-0.39, 0.29) is 12.3 Å². The Balaban J connectivity index is 1.32. The van der Waals surface area contributed by atoms with Gasteiger partial charge in [0, 0.05) is 49.4 Å². The number of piperazine rings is 1. The number of aromatic nitrogens is 1. The molecular weight excluding hydrogens is 428 g/mol. The van der Waals surface area contributed by atoms with Gasteiger partial charge in [0.15, 0.2) is 0 Å². The average molecular weight is 463 g/mol. The average Bonchev–Trinajstić information content (AvgIpc) is 3.29. The number of likely N-dealkylation sites (N-methyl/N-ethyl adjacent to an activating group) is 1. The van der Waals surface area contributed by atoms with E-state index in [1.807, 2.05) is 17.5 Å². The Bertz CT molecular complexity index is 1040. The Morgan fingerprint density at radius 1 is 1.06 bits per heavy atom. The van der Waals surface area contributed by atoms with E-state index in [0.717, 1.165) is 61.1 Å². The van der Waals surface area contributed by atoms with Crippen molar-refractivity contribution in [3.05, 3.63) is 70.7 Å². The van der Waals surface area contributed by atoms with Crippen molar-refractivity contribution >= 4 is 22.9 Å². The highest BCUT2D eigenvalue weighted by molar-refractivity contribution is 7.13. The van der Waals surface area contributed by atoms with Crippen LogP contribution in [-0.2, 0) is 24.2 Å². The van der Waals surface area contributed by atoms with Crippen molar-refractivity contribution in [3.63, 3.8) is 0 Å². The number of hydrogen-bond acceptors (Lipinski definition) is 5. The van der Waals surface area contributed by atoms with Crippen LogP contribution in [0.15, 0.2) is 53.9 Å². The van der Waals surface area contributed by atoms with Crippen LogP contribution in [0.3, 0.4) is 0 Å². The first-order chi connectivity index (χ1) is 16.1. The van der Waals surface area contributed by atoms with Gasteiger partial charge in [-0.05, 0) is 49.2 Å². The first-order valence-electron chi connectivity index (χ1n) is 11.9. The minimum absolute atomic E-state index is 0.0306. The highest BCUT2D eigenvalue weighted by atomic mass is 32.1. The molecule has 0 radical (unpaired) electrons. The Kier molecular flexibility index (Phi) is 8.26. The largest absolute Gasteiger partial charge is 0.326 e. The Labute approximate surface area is 201 Å². The van der Waals surface area contributed by atoms with Crippen molar-refractivity contribution in [2.45, 2.75) is 39.2 Å². The molecule has 0 saturated carbocycles. The molecule has 0 bridgehead atoms. The third kappa shape index (κ3) is 6.97. The summed E-state index contributed by atoms with van der Waals surface area (Å²) in [6, 6.07) is 16.8. The number of carbonyl (C=O) groups is 1. The van der Waals surface area contributed by atoms with Gasteiger partial charge >= 0.3 is 0 Å². The highest BCUT2D eigenvalue weighted by Crippen LogP contribution is 2.25. The van der Waals surface area contributed by atoms with Crippen LogP contribution in [0.1, 0.15) is 36.6 Å². The minimum atomic E-state index is -0.0306. The van der Waals surface area contributed by atoms with Gasteiger partial charge in [-0.15, -0.1) is 11.3 Å². The van der Waals surface area contributed by atoms with Crippen molar-refractivity contribution in [3.8, 4) is 10.6 Å². The lowest BCUT2D eigenvalue weighted by atomic mass is 10.1. The van der Waals surface area contributed by atoms with Crippen LogP contribution in [0.25, 0.3) is 10.6 Å². The summed E-state index contributed by atoms with van der Waals surface area (Å²) >= 11 is 1.60. The van der Waals surface area contributed by atoms with Crippen LogP contribution < -0.4 is 5.32 Å². The Morgan fingerprint density at radius 3 is 2.61 bits per heavy atom. The zero-order chi connectivity index (χ0) is 23.0. The predicted molar refractivity (Wildman–Crippen MR) is 138 cm³/mol. The van der Waals surface area contributed by atoms with Crippen molar-refractivity contribution < 1.29 is 4.79 Å². The second kappa shape index (κ2) is 11.5. The van der Waals surface area contributed by atoms with E-state index in [1.54, 1.807) is 11.3 Å². The molecule has 1 aliphatic rings. The summed E-state index contributed by atoms with van der Waals surface area (Å²) in [6.07, 6.45) is 3.75. The van der Waals surface area contributed by atoms with E-state index >= 15 is 0 Å². The van der Waals surface area contributed by atoms with Gasteiger partial charge in [-0.25, -0.2) is 4.98 Å². The number of carbonyl (C=O) groups excluding carboxylic acids is 1. The number of rotatable bonds is 9. The number of aryl methyl sites for hydroxylation is 1.